The quantitative estimate of drug-likeness (QED) is 0.614. The molecule has 0 aliphatic carbocycles. The summed E-state index contributed by atoms with van der Waals surface area (Å²) >= 11 is 6.08. The number of benzene rings is 2. The molecule has 1 aromatic heterocycles. The largest absolute Gasteiger partial charge is 0.508 e. The van der Waals surface area contributed by atoms with Gasteiger partial charge in [-0.05, 0) is 31.0 Å². The number of ether oxygens (including phenoxy) is 1. The molecule has 2 aromatic carbocycles. The Morgan fingerprint density at radius 2 is 2.04 bits per heavy atom. The fourth-order valence-electron chi connectivity index (χ4n) is 3.50. The summed E-state index contributed by atoms with van der Waals surface area (Å²) in [5, 5.41) is 10.8. The van der Waals surface area contributed by atoms with Crippen molar-refractivity contribution in [3.05, 3.63) is 71.2 Å². The zero-order valence-corrected chi connectivity index (χ0v) is 16.3. The summed E-state index contributed by atoms with van der Waals surface area (Å²) in [6.07, 6.45) is 4.07. The minimum atomic E-state index is 0.202. The van der Waals surface area contributed by atoms with Gasteiger partial charge in [-0.2, -0.15) is 0 Å². The second kappa shape index (κ2) is 8.78. The molecular weight excluding hydrogens is 376 g/mol. The number of halogens is 1. The van der Waals surface area contributed by atoms with E-state index < -0.39 is 0 Å². The summed E-state index contributed by atoms with van der Waals surface area (Å²) in [4.78, 5) is 6.65. The third-order valence-corrected chi connectivity index (χ3v) is 5.13. The molecule has 1 saturated heterocycles. The van der Waals surface area contributed by atoms with Crippen LogP contribution in [0.3, 0.4) is 0 Å². The van der Waals surface area contributed by atoms with Crippen molar-refractivity contribution in [1.29, 1.82) is 0 Å². The highest BCUT2D eigenvalue weighted by Gasteiger charge is 2.21. The third kappa shape index (κ3) is 4.73. The summed E-state index contributed by atoms with van der Waals surface area (Å²) in [5.41, 5.74) is 1.78. The molecule has 146 valence electrons. The van der Waals surface area contributed by atoms with Crippen molar-refractivity contribution in [3.63, 3.8) is 0 Å². The van der Waals surface area contributed by atoms with Gasteiger partial charge in [-0.3, -0.25) is 4.90 Å². The predicted molar refractivity (Wildman–Crippen MR) is 108 cm³/mol. The summed E-state index contributed by atoms with van der Waals surface area (Å²) in [6, 6.07) is 14.9. The third-order valence-electron chi connectivity index (χ3n) is 4.89. The van der Waals surface area contributed by atoms with Crippen LogP contribution in [0, 0.1) is 0 Å². The Morgan fingerprint density at radius 1 is 1.14 bits per heavy atom. The molecule has 5 nitrogen and oxygen atoms in total. The van der Waals surface area contributed by atoms with Crippen molar-refractivity contribution in [2.75, 3.05) is 13.2 Å². The lowest BCUT2D eigenvalue weighted by molar-refractivity contribution is 0.0646. The van der Waals surface area contributed by atoms with Gasteiger partial charge >= 0.3 is 0 Å². The smallest absolute Gasteiger partial charge is 0.209 e. The Morgan fingerprint density at radius 3 is 2.82 bits per heavy atom. The van der Waals surface area contributed by atoms with Gasteiger partial charge in [-0.1, -0.05) is 41.9 Å². The normalized spacial score (nSPS) is 16.7. The van der Waals surface area contributed by atoms with E-state index in [1.807, 2.05) is 42.5 Å². The molecule has 2 heterocycles. The number of phenols is 1. The van der Waals surface area contributed by atoms with Crippen LogP contribution in [0.2, 0.25) is 5.02 Å². The lowest BCUT2D eigenvalue weighted by Gasteiger charge is -2.24. The molecule has 1 unspecified atom stereocenters. The summed E-state index contributed by atoms with van der Waals surface area (Å²) in [6.45, 7) is 2.71. The fourth-order valence-corrected chi connectivity index (χ4v) is 3.69. The molecule has 4 rings (SSSR count). The minimum absolute atomic E-state index is 0.202. The topological polar surface area (TPSA) is 58.7 Å². The number of hydrogen-bond donors (Lipinski definition) is 1. The Bertz CT molecular complexity index is 921. The van der Waals surface area contributed by atoms with Crippen LogP contribution < -0.4 is 0 Å². The highest BCUT2D eigenvalue weighted by Crippen LogP contribution is 2.25. The van der Waals surface area contributed by atoms with E-state index >= 15 is 0 Å². The molecule has 1 aliphatic rings. The molecule has 0 saturated carbocycles. The molecule has 3 aromatic rings. The van der Waals surface area contributed by atoms with Crippen molar-refractivity contribution >= 4 is 11.6 Å². The van der Waals surface area contributed by atoms with Gasteiger partial charge in [0.1, 0.15) is 5.75 Å². The highest BCUT2D eigenvalue weighted by molar-refractivity contribution is 6.30. The first-order chi connectivity index (χ1) is 13.7. The van der Waals surface area contributed by atoms with E-state index in [1.165, 1.54) is 0 Å². The lowest BCUT2D eigenvalue weighted by Crippen LogP contribution is -2.31. The van der Waals surface area contributed by atoms with Crippen LogP contribution >= 0.6 is 11.6 Å². The van der Waals surface area contributed by atoms with E-state index in [2.05, 4.69) is 9.88 Å². The van der Waals surface area contributed by atoms with Gasteiger partial charge in [0.2, 0.25) is 5.89 Å². The number of aromatic nitrogens is 1. The number of rotatable bonds is 7. The number of nitrogens with zero attached hydrogens (tertiary/aromatic N) is 2. The van der Waals surface area contributed by atoms with Crippen LogP contribution in [0.1, 0.15) is 24.3 Å². The van der Waals surface area contributed by atoms with Crippen molar-refractivity contribution < 1.29 is 14.3 Å². The SMILES string of the molecule is Oc1ccccc1CN(Cc1ncc(-c2cccc(Cl)c2)o1)CC1CCCO1. The number of aromatic hydroxyl groups is 1. The zero-order chi connectivity index (χ0) is 19.3. The number of oxazole rings is 1. The van der Waals surface area contributed by atoms with Crippen LogP contribution in [0.5, 0.6) is 5.75 Å². The van der Waals surface area contributed by atoms with E-state index in [9.17, 15) is 5.11 Å². The summed E-state index contributed by atoms with van der Waals surface area (Å²) in [5.74, 6) is 1.62. The van der Waals surface area contributed by atoms with E-state index in [4.69, 9.17) is 20.8 Å². The fraction of sp³-hybridized carbons (Fsp3) is 0.318. The molecule has 1 N–H and O–H groups in total. The molecule has 0 spiro atoms. The monoisotopic (exact) mass is 398 g/mol. The Labute approximate surface area is 169 Å². The highest BCUT2D eigenvalue weighted by atomic mass is 35.5. The first kappa shape index (κ1) is 19.0. The Hall–Kier alpha value is -2.34. The van der Waals surface area contributed by atoms with Gasteiger partial charge in [-0.25, -0.2) is 4.98 Å². The molecular formula is C22H23ClN2O3. The van der Waals surface area contributed by atoms with Crippen LogP contribution in [-0.2, 0) is 17.8 Å². The predicted octanol–water partition coefficient (Wildman–Crippen LogP) is 4.88. The van der Waals surface area contributed by atoms with Crippen LogP contribution in [0.25, 0.3) is 11.3 Å². The molecule has 0 radical (unpaired) electrons. The number of para-hydroxylation sites is 1. The van der Waals surface area contributed by atoms with E-state index in [0.29, 0.717) is 35.5 Å². The van der Waals surface area contributed by atoms with Gasteiger partial charge in [0.05, 0.1) is 18.8 Å². The Kier molecular flexibility index (Phi) is 5.95. The minimum Gasteiger partial charge on any atom is -0.508 e. The van der Waals surface area contributed by atoms with E-state index in [0.717, 1.165) is 37.1 Å². The maximum atomic E-state index is 10.2. The lowest BCUT2D eigenvalue weighted by atomic mass is 10.1. The van der Waals surface area contributed by atoms with Crippen LogP contribution in [0.15, 0.2) is 59.1 Å². The number of phenolic OH excluding ortho intramolecular Hbond substituents is 1. The van der Waals surface area contributed by atoms with Crippen LogP contribution in [-0.4, -0.2) is 34.2 Å². The second-order valence-corrected chi connectivity index (χ2v) is 7.50. The maximum Gasteiger partial charge on any atom is 0.209 e. The van der Waals surface area contributed by atoms with E-state index in [-0.39, 0.29) is 6.10 Å². The van der Waals surface area contributed by atoms with E-state index in [1.54, 1.807) is 12.3 Å². The average Bonchev–Trinajstić information content (AvgIpc) is 3.36. The van der Waals surface area contributed by atoms with Crippen LogP contribution in [0.4, 0.5) is 0 Å². The molecule has 0 bridgehead atoms. The summed E-state index contributed by atoms with van der Waals surface area (Å²) < 4.78 is 11.8. The second-order valence-electron chi connectivity index (χ2n) is 7.06. The first-order valence-corrected chi connectivity index (χ1v) is 9.86. The van der Waals surface area contributed by atoms with Gasteiger partial charge in [0.25, 0.3) is 0 Å². The number of hydrogen-bond acceptors (Lipinski definition) is 5. The Balaban J connectivity index is 1.51. The van der Waals surface area contributed by atoms with Crippen molar-refractivity contribution in [3.8, 4) is 17.1 Å². The average molecular weight is 399 g/mol. The summed E-state index contributed by atoms with van der Waals surface area (Å²) in [7, 11) is 0. The van der Waals surface area contributed by atoms with Gasteiger partial charge in [-0.15, -0.1) is 0 Å². The van der Waals surface area contributed by atoms with Crippen molar-refractivity contribution in [2.24, 2.45) is 0 Å². The molecule has 1 aliphatic heterocycles. The maximum absolute atomic E-state index is 10.2. The standard InChI is InChI=1S/C22H23ClN2O3/c23-18-7-3-6-16(11-18)21-12-24-22(28-21)15-25(14-19-8-4-10-27-19)13-17-5-1-2-9-20(17)26/h1-3,5-7,9,11-12,19,26H,4,8,10,13-15H2. The molecule has 28 heavy (non-hydrogen) atoms. The molecule has 6 heteroatoms. The first-order valence-electron chi connectivity index (χ1n) is 9.49. The van der Waals surface area contributed by atoms with Crippen molar-refractivity contribution in [2.45, 2.75) is 32.0 Å². The zero-order valence-electron chi connectivity index (χ0n) is 15.6. The van der Waals surface area contributed by atoms with Crippen molar-refractivity contribution in [1.82, 2.24) is 9.88 Å². The van der Waals surface area contributed by atoms with Gasteiger partial charge < -0.3 is 14.3 Å². The van der Waals surface area contributed by atoms with Gasteiger partial charge in [0.15, 0.2) is 5.76 Å². The molecule has 1 fully saturated rings. The molecule has 1 atom stereocenters. The molecule has 0 amide bonds. The van der Waals surface area contributed by atoms with Gasteiger partial charge in [0, 0.05) is 35.8 Å².